The smallest absolute Gasteiger partial charge is 0.328 e. The molecule has 0 aliphatic carbocycles. The minimum atomic E-state index is -0.927. The summed E-state index contributed by atoms with van der Waals surface area (Å²) in [7, 11) is 0. The van der Waals surface area contributed by atoms with Crippen LogP contribution in [0.5, 0.6) is 0 Å². The summed E-state index contributed by atoms with van der Waals surface area (Å²) in [5, 5.41) is 8.35. The van der Waals surface area contributed by atoms with Crippen LogP contribution in [0.25, 0.3) is 0 Å². The summed E-state index contributed by atoms with van der Waals surface area (Å²) in [6, 6.07) is 0. The van der Waals surface area contributed by atoms with Crippen LogP contribution in [0.2, 0.25) is 0 Å². The Hall–Kier alpha value is -1.38. The van der Waals surface area contributed by atoms with Gasteiger partial charge in [-0.25, -0.2) is 4.79 Å². The summed E-state index contributed by atoms with van der Waals surface area (Å²) in [5.41, 5.74) is 0. The Labute approximate surface area is 110 Å². The van der Waals surface area contributed by atoms with Gasteiger partial charge in [0.05, 0.1) is 0 Å². The van der Waals surface area contributed by atoms with E-state index in [1.165, 1.54) is 6.08 Å². The fourth-order valence-corrected chi connectivity index (χ4v) is 1.63. The summed E-state index contributed by atoms with van der Waals surface area (Å²) in [4.78, 5) is 21.6. The maximum atomic E-state index is 11.4. The van der Waals surface area contributed by atoms with Crippen LogP contribution in [-0.2, 0) is 9.59 Å². The van der Waals surface area contributed by atoms with Crippen molar-refractivity contribution in [1.29, 1.82) is 0 Å². The summed E-state index contributed by atoms with van der Waals surface area (Å²) >= 11 is 0. The van der Waals surface area contributed by atoms with E-state index in [1.54, 1.807) is 6.08 Å². The number of hydrogen-bond acceptors (Lipinski definition) is 2. The molecular weight excluding hydrogens is 228 g/mol. The van der Waals surface area contributed by atoms with Crippen molar-refractivity contribution in [2.24, 2.45) is 5.92 Å². The number of Topliss-reactive ketones (excluding diaryl/α,β-unsaturated/α-hetero) is 1. The zero-order chi connectivity index (χ0) is 13.8. The number of aliphatic carboxylic acids is 1. The first-order valence-corrected chi connectivity index (χ1v) is 6.60. The molecule has 0 aromatic heterocycles. The largest absolute Gasteiger partial charge is 0.478 e. The molecule has 0 aromatic carbocycles. The fraction of sp³-hybridized carbons (Fsp3) is 0.600. The van der Waals surface area contributed by atoms with Gasteiger partial charge in [-0.1, -0.05) is 38.5 Å². The Morgan fingerprint density at radius 3 is 2.44 bits per heavy atom. The molecule has 0 aromatic rings. The molecular formula is C15H24O3. The van der Waals surface area contributed by atoms with E-state index in [0.717, 1.165) is 31.8 Å². The topological polar surface area (TPSA) is 54.4 Å². The van der Waals surface area contributed by atoms with Gasteiger partial charge in [-0.3, -0.25) is 4.79 Å². The number of carbonyl (C=O) groups excluding carboxylic acids is 1. The van der Waals surface area contributed by atoms with Gasteiger partial charge < -0.3 is 5.11 Å². The van der Waals surface area contributed by atoms with Gasteiger partial charge in [0.25, 0.3) is 0 Å². The third kappa shape index (κ3) is 12.7. The molecule has 0 amide bonds. The minimum Gasteiger partial charge on any atom is -0.478 e. The van der Waals surface area contributed by atoms with Gasteiger partial charge in [0.15, 0.2) is 0 Å². The van der Waals surface area contributed by atoms with Crippen molar-refractivity contribution in [3.8, 4) is 0 Å². The number of allylic oxidation sites excluding steroid dienone is 3. The molecule has 3 nitrogen and oxygen atoms in total. The number of carbonyl (C=O) groups is 2. The Morgan fingerprint density at radius 2 is 1.83 bits per heavy atom. The molecule has 0 rings (SSSR count). The molecule has 18 heavy (non-hydrogen) atoms. The normalized spacial score (nSPS) is 11.7. The lowest BCUT2D eigenvalue weighted by molar-refractivity contribution is -0.131. The van der Waals surface area contributed by atoms with Crippen molar-refractivity contribution in [3.05, 3.63) is 24.3 Å². The first-order chi connectivity index (χ1) is 8.52. The van der Waals surface area contributed by atoms with Gasteiger partial charge in [-0.2, -0.15) is 0 Å². The fourth-order valence-electron chi connectivity index (χ4n) is 1.63. The first kappa shape index (κ1) is 16.6. The van der Waals surface area contributed by atoms with Crippen LogP contribution in [0.4, 0.5) is 0 Å². The van der Waals surface area contributed by atoms with Gasteiger partial charge in [0.2, 0.25) is 0 Å². The highest BCUT2D eigenvalue weighted by Gasteiger charge is 2.03. The van der Waals surface area contributed by atoms with Crippen LogP contribution in [0.15, 0.2) is 24.3 Å². The van der Waals surface area contributed by atoms with Crippen molar-refractivity contribution in [3.63, 3.8) is 0 Å². The van der Waals surface area contributed by atoms with Gasteiger partial charge in [-0.15, -0.1) is 0 Å². The van der Waals surface area contributed by atoms with Crippen LogP contribution in [0.3, 0.4) is 0 Å². The molecule has 0 aliphatic heterocycles. The monoisotopic (exact) mass is 252 g/mol. The number of hydrogen-bond donors (Lipinski definition) is 1. The Kier molecular flexibility index (Phi) is 9.93. The van der Waals surface area contributed by atoms with Crippen LogP contribution in [-0.4, -0.2) is 16.9 Å². The molecule has 0 unspecified atom stereocenters. The molecule has 0 bridgehead atoms. The Bertz CT molecular complexity index is 301. The summed E-state index contributed by atoms with van der Waals surface area (Å²) in [5.74, 6) is -0.102. The van der Waals surface area contributed by atoms with Crippen molar-refractivity contribution in [2.45, 2.75) is 52.4 Å². The molecule has 3 heteroatoms. The Morgan fingerprint density at radius 1 is 1.11 bits per heavy atom. The van der Waals surface area contributed by atoms with Crippen LogP contribution >= 0.6 is 0 Å². The molecule has 0 heterocycles. The van der Waals surface area contributed by atoms with E-state index < -0.39 is 5.97 Å². The minimum absolute atomic E-state index is 0.366. The molecule has 0 atom stereocenters. The molecule has 0 saturated heterocycles. The lowest BCUT2D eigenvalue weighted by atomic mass is 10.0. The average molecular weight is 252 g/mol. The molecule has 0 radical (unpaired) electrons. The van der Waals surface area contributed by atoms with E-state index in [4.69, 9.17) is 5.11 Å². The second-order valence-corrected chi connectivity index (χ2v) is 4.86. The zero-order valence-electron chi connectivity index (χ0n) is 11.4. The first-order valence-electron chi connectivity index (χ1n) is 6.60. The lowest BCUT2D eigenvalue weighted by Gasteiger charge is -2.03. The highest BCUT2D eigenvalue weighted by molar-refractivity contribution is 5.80. The third-order valence-corrected chi connectivity index (χ3v) is 2.45. The van der Waals surface area contributed by atoms with E-state index in [-0.39, 0.29) is 0 Å². The SMILES string of the molecule is CC(C)CC(=O)CCCCC/C=C/C=C/C(=O)O. The van der Waals surface area contributed by atoms with Crippen LogP contribution in [0, 0.1) is 5.92 Å². The molecule has 102 valence electrons. The van der Waals surface area contributed by atoms with Crippen molar-refractivity contribution in [1.82, 2.24) is 0 Å². The van der Waals surface area contributed by atoms with Crippen LogP contribution < -0.4 is 0 Å². The standard InChI is InChI=1S/C15H24O3/c1-13(2)12-14(16)10-8-6-4-3-5-7-9-11-15(17)18/h5,7,9,11,13H,3-4,6,8,10,12H2,1-2H3,(H,17,18)/b7-5+,11-9+. The summed E-state index contributed by atoms with van der Waals surface area (Å²) < 4.78 is 0. The molecule has 0 saturated carbocycles. The predicted octanol–water partition coefficient (Wildman–Crippen LogP) is 3.75. The van der Waals surface area contributed by atoms with Gasteiger partial charge in [0, 0.05) is 18.9 Å². The van der Waals surface area contributed by atoms with Crippen molar-refractivity contribution < 1.29 is 14.7 Å². The maximum absolute atomic E-state index is 11.4. The second-order valence-electron chi connectivity index (χ2n) is 4.86. The summed E-state index contributed by atoms with van der Waals surface area (Å²) in [6.45, 7) is 4.13. The van der Waals surface area contributed by atoms with E-state index in [1.807, 2.05) is 6.08 Å². The number of rotatable bonds is 10. The van der Waals surface area contributed by atoms with Gasteiger partial charge >= 0.3 is 5.97 Å². The highest BCUT2D eigenvalue weighted by atomic mass is 16.4. The van der Waals surface area contributed by atoms with Crippen molar-refractivity contribution >= 4 is 11.8 Å². The quantitative estimate of drug-likeness (QED) is 0.366. The van der Waals surface area contributed by atoms with E-state index in [0.29, 0.717) is 24.5 Å². The number of carboxylic acids is 1. The second kappa shape index (κ2) is 10.8. The maximum Gasteiger partial charge on any atom is 0.328 e. The Balaban J connectivity index is 3.41. The molecule has 1 N–H and O–H groups in total. The van der Waals surface area contributed by atoms with Gasteiger partial charge in [-0.05, 0) is 25.2 Å². The highest BCUT2D eigenvalue weighted by Crippen LogP contribution is 2.08. The molecule has 0 spiro atoms. The molecule has 0 fully saturated rings. The number of ketones is 1. The van der Waals surface area contributed by atoms with E-state index in [9.17, 15) is 9.59 Å². The van der Waals surface area contributed by atoms with E-state index in [2.05, 4.69) is 13.8 Å². The number of unbranched alkanes of at least 4 members (excludes halogenated alkanes) is 3. The predicted molar refractivity (Wildman–Crippen MR) is 73.5 cm³/mol. The third-order valence-electron chi connectivity index (χ3n) is 2.45. The number of carboxylic acid groups (broad SMARTS) is 1. The van der Waals surface area contributed by atoms with Crippen LogP contribution in [0.1, 0.15) is 52.4 Å². The van der Waals surface area contributed by atoms with E-state index >= 15 is 0 Å². The average Bonchev–Trinajstić information content (AvgIpc) is 2.25. The molecule has 0 aliphatic rings. The lowest BCUT2D eigenvalue weighted by Crippen LogP contribution is -2.02. The van der Waals surface area contributed by atoms with Gasteiger partial charge in [0.1, 0.15) is 5.78 Å². The van der Waals surface area contributed by atoms with Crippen molar-refractivity contribution in [2.75, 3.05) is 0 Å². The zero-order valence-corrected chi connectivity index (χ0v) is 11.4. The summed E-state index contributed by atoms with van der Waals surface area (Å²) in [6.07, 6.45) is 11.7.